The van der Waals surface area contributed by atoms with Gasteiger partial charge in [0, 0.05) is 23.6 Å². The molecular weight excluding hydrogens is 473 g/mol. The van der Waals surface area contributed by atoms with E-state index in [1.165, 1.54) is 40.7 Å². The minimum absolute atomic E-state index is 0.190. The lowest BCUT2D eigenvalue weighted by molar-refractivity contribution is 0.561. The monoisotopic (exact) mass is 494 g/mol. The minimum atomic E-state index is -4.20. The van der Waals surface area contributed by atoms with Crippen molar-refractivity contribution in [2.75, 3.05) is 17.4 Å². The molecule has 4 rings (SSSR count). The Morgan fingerprint density at radius 2 is 1.76 bits per heavy atom. The van der Waals surface area contributed by atoms with E-state index in [-0.39, 0.29) is 22.6 Å². The van der Waals surface area contributed by atoms with Gasteiger partial charge < -0.3 is 5.32 Å². The maximum absolute atomic E-state index is 14.4. The Balaban J connectivity index is 1.87. The number of benzene rings is 3. The number of sulfonamides is 1. The largest absolute Gasteiger partial charge is 0.315 e. The smallest absolute Gasteiger partial charge is 0.264 e. The molecule has 0 saturated carbocycles. The van der Waals surface area contributed by atoms with Gasteiger partial charge in [-0.3, -0.25) is 4.31 Å². The lowest BCUT2D eigenvalue weighted by atomic mass is 10.0. The van der Waals surface area contributed by atoms with E-state index in [9.17, 15) is 21.6 Å². The molecule has 1 N–H and O–H groups in total. The summed E-state index contributed by atoms with van der Waals surface area (Å²) in [5.74, 6) is -2.11. The van der Waals surface area contributed by atoms with Crippen LogP contribution >= 0.6 is 11.6 Å². The van der Waals surface area contributed by atoms with Crippen molar-refractivity contribution >= 4 is 27.3 Å². The van der Waals surface area contributed by atoms with E-state index in [2.05, 4.69) is 5.32 Å². The molecule has 0 aromatic heterocycles. The molecule has 33 heavy (non-hydrogen) atoms. The zero-order valence-electron chi connectivity index (χ0n) is 17.8. The van der Waals surface area contributed by atoms with E-state index < -0.39 is 33.5 Å². The second kappa shape index (κ2) is 9.37. The topological polar surface area (TPSA) is 49.4 Å². The van der Waals surface area contributed by atoms with Crippen LogP contribution in [0.25, 0.3) is 0 Å². The van der Waals surface area contributed by atoms with Crippen molar-refractivity contribution < 1.29 is 21.6 Å². The van der Waals surface area contributed by atoms with Crippen molar-refractivity contribution in [2.24, 2.45) is 0 Å². The first-order valence-electron chi connectivity index (χ1n) is 10.4. The molecule has 0 spiro atoms. The number of nitrogens with zero attached hydrogens (tertiary/aromatic N) is 1. The maximum Gasteiger partial charge on any atom is 0.264 e. The standard InChI is InChI=1S/C24H22ClF3N2O2S/c1-15-5-7-19(13-23(15)28)33(31,32)30(18-9-10-29-14-18)24-8-6-17(25)11-16(24)12-20-21(26)3-2-4-22(20)27/h2-8,11,13,18,29H,9-10,12,14H2,1H3. The van der Waals surface area contributed by atoms with Gasteiger partial charge in [0.2, 0.25) is 0 Å². The lowest BCUT2D eigenvalue weighted by Crippen LogP contribution is -2.42. The van der Waals surface area contributed by atoms with Gasteiger partial charge in [-0.15, -0.1) is 0 Å². The normalized spacial score (nSPS) is 16.2. The summed E-state index contributed by atoms with van der Waals surface area (Å²) in [5.41, 5.74) is 0.723. The molecule has 1 unspecified atom stereocenters. The van der Waals surface area contributed by atoms with Crippen molar-refractivity contribution in [1.29, 1.82) is 0 Å². The van der Waals surface area contributed by atoms with Gasteiger partial charge in [0.15, 0.2) is 0 Å². The molecule has 0 aliphatic carbocycles. The number of hydrogen-bond donors (Lipinski definition) is 1. The zero-order chi connectivity index (χ0) is 23.8. The van der Waals surface area contributed by atoms with Crippen LogP contribution in [0.3, 0.4) is 0 Å². The van der Waals surface area contributed by atoms with Crippen LogP contribution in [0, 0.1) is 24.4 Å². The molecule has 1 aliphatic heterocycles. The number of anilines is 1. The highest BCUT2D eigenvalue weighted by Gasteiger charge is 2.35. The van der Waals surface area contributed by atoms with Crippen LogP contribution in [0.5, 0.6) is 0 Å². The summed E-state index contributed by atoms with van der Waals surface area (Å²) in [6, 6.07) is 11.4. The Bertz CT molecular complexity index is 1270. The van der Waals surface area contributed by atoms with Crippen LogP contribution < -0.4 is 9.62 Å². The molecule has 3 aromatic rings. The van der Waals surface area contributed by atoms with Crippen molar-refractivity contribution in [1.82, 2.24) is 5.32 Å². The fourth-order valence-corrected chi connectivity index (χ4v) is 5.94. The Kier molecular flexibility index (Phi) is 6.70. The van der Waals surface area contributed by atoms with E-state index in [1.807, 2.05) is 0 Å². The Hall–Kier alpha value is -2.55. The first-order valence-corrected chi connectivity index (χ1v) is 12.2. The van der Waals surface area contributed by atoms with Crippen LogP contribution in [0.2, 0.25) is 5.02 Å². The molecular formula is C24H22ClF3N2O2S. The zero-order valence-corrected chi connectivity index (χ0v) is 19.4. The molecule has 1 saturated heterocycles. The van der Waals surface area contributed by atoms with Crippen LogP contribution in [0.4, 0.5) is 18.9 Å². The molecule has 9 heteroatoms. The van der Waals surface area contributed by atoms with Crippen molar-refractivity contribution in [3.8, 4) is 0 Å². The maximum atomic E-state index is 14.4. The van der Waals surface area contributed by atoms with Gasteiger partial charge in [0.25, 0.3) is 10.0 Å². The van der Waals surface area contributed by atoms with Crippen LogP contribution in [0.15, 0.2) is 59.5 Å². The Morgan fingerprint density at radius 1 is 1.03 bits per heavy atom. The van der Waals surface area contributed by atoms with Crippen LogP contribution in [-0.4, -0.2) is 27.5 Å². The molecule has 1 fully saturated rings. The lowest BCUT2D eigenvalue weighted by Gasteiger charge is -2.32. The molecule has 1 aliphatic rings. The number of rotatable bonds is 6. The molecule has 0 bridgehead atoms. The number of halogens is 4. The average Bonchev–Trinajstić information content (AvgIpc) is 3.28. The van der Waals surface area contributed by atoms with Gasteiger partial charge in [-0.05, 0) is 73.5 Å². The summed E-state index contributed by atoms with van der Waals surface area (Å²) in [6.07, 6.45) is 0.312. The second-order valence-corrected chi connectivity index (χ2v) is 10.3. The predicted molar refractivity (Wildman–Crippen MR) is 123 cm³/mol. The third kappa shape index (κ3) is 4.74. The van der Waals surface area contributed by atoms with Crippen molar-refractivity contribution in [3.05, 3.63) is 93.8 Å². The quantitative estimate of drug-likeness (QED) is 0.511. The van der Waals surface area contributed by atoms with Crippen LogP contribution in [-0.2, 0) is 16.4 Å². The first-order chi connectivity index (χ1) is 15.7. The van der Waals surface area contributed by atoms with Gasteiger partial charge in [-0.2, -0.15) is 0 Å². The molecule has 1 atom stereocenters. The van der Waals surface area contributed by atoms with Gasteiger partial charge in [0.05, 0.1) is 16.6 Å². The first kappa shape index (κ1) is 23.6. The van der Waals surface area contributed by atoms with Crippen LogP contribution in [0.1, 0.15) is 23.1 Å². The predicted octanol–water partition coefficient (Wildman–Crippen LogP) is 5.21. The van der Waals surface area contributed by atoms with Gasteiger partial charge in [-0.1, -0.05) is 23.7 Å². The Morgan fingerprint density at radius 3 is 2.39 bits per heavy atom. The van der Waals surface area contributed by atoms with E-state index >= 15 is 0 Å². The fourth-order valence-electron chi connectivity index (χ4n) is 4.01. The summed E-state index contributed by atoms with van der Waals surface area (Å²) < 4.78 is 71.8. The second-order valence-electron chi connectivity index (χ2n) is 8.01. The summed E-state index contributed by atoms with van der Waals surface area (Å²) in [4.78, 5) is -0.199. The number of nitrogens with one attached hydrogen (secondary N) is 1. The highest BCUT2D eigenvalue weighted by Crippen LogP contribution is 2.35. The van der Waals surface area contributed by atoms with Crippen molar-refractivity contribution in [3.63, 3.8) is 0 Å². The van der Waals surface area contributed by atoms with Gasteiger partial charge in [0.1, 0.15) is 17.5 Å². The molecule has 0 amide bonds. The summed E-state index contributed by atoms with van der Waals surface area (Å²) in [5, 5.41) is 3.44. The van der Waals surface area contributed by atoms with E-state index in [0.717, 1.165) is 18.2 Å². The summed E-state index contributed by atoms with van der Waals surface area (Å²) in [6.45, 7) is 2.53. The average molecular weight is 495 g/mol. The SMILES string of the molecule is Cc1ccc(S(=O)(=O)N(c2ccc(Cl)cc2Cc2c(F)cccc2F)C2CCNC2)cc1F. The summed E-state index contributed by atoms with van der Waals surface area (Å²) in [7, 11) is -4.20. The molecule has 0 radical (unpaired) electrons. The third-order valence-electron chi connectivity index (χ3n) is 5.77. The third-order valence-corrected chi connectivity index (χ3v) is 7.87. The van der Waals surface area contributed by atoms with Crippen molar-refractivity contribution in [2.45, 2.75) is 30.7 Å². The minimum Gasteiger partial charge on any atom is -0.315 e. The van der Waals surface area contributed by atoms with Gasteiger partial charge >= 0.3 is 0 Å². The highest BCUT2D eigenvalue weighted by atomic mass is 35.5. The Labute approximate surface area is 196 Å². The van der Waals surface area contributed by atoms with E-state index in [1.54, 1.807) is 6.92 Å². The van der Waals surface area contributed by atoms with E-state index in [4.69, 9.17) is 11.6 Å². The highest BCUT2D eigenvalue weighted by molar-refractivity contribution is 7.92. The molecule has 174 valence electrons. The molecule has 4 nitrogen and oxygen atoms in total. The number of hydrogen-bond acceptors (Lipinski definition) is 3. The summed E-state index contributed by atoms with van der Waals surface area (Å²) >= 11 is 6.18. The van der Waals surface area contributed by atoms with Gasteiger partial charge in [-0.25, -0.2) is 21.6 Å². The fraction of sp³-hybridized carbons (Fsp3) is 0.250. The number of aryl methyl sites for hydroxylation is 1. The molecule has 3 aromatic carbocycles. The molecule has 1 heterocycles. The van der Waals surface area contributed by atoms with E-state index in [0.29, 0.717) is 35.7 Å².